The van der Waals surface area contributed by atoms with Gasteiger partial charge in [-0.2, -0.15) is 0 Å². The van der Waals surface area contributed by atoms with Gasteiger partial charge in [0.25, 0.3) is 5.91 Å². The molecule has 1 fully saturated rings. The van der Waals surface area contributed by atoms with Gasteiger partial charge in [0.15, 0.2) is 0 Å². The van der Waals surface area contributed by atoms with Crippen LogP contribution in [0, 0.1) is 12.8 Å². The van der Waals surface area contributed by atoms with E-state index in [0.717, 1.165) is 37.1 Å². The summed E-state index contributed by atoms with van der Waals surface area (Å²) >= 11 is 0. The van der Waals surface area contributed by atoms with Crippen LogP contribution >= 0.6 is 0 Å². The lowest BCUT2D eigenvalue weighted by atomic mass is 9.91. The number of hydrogen-bond donors (Lipinski definition) is 1. The van der Waals surface area contributed by atoms with Crippen LogP contribution in [0.4, 0.5) is 0 Å². The van der Waals surface area contributed by atoms with Crippen LogP contribution in [0.25, 0.3) is 0 Å². The largest absolute Gasteiger partial charge is 0.338 e. The number of likely N-dealkylation sites (tertiary alicyclic amines) is 1. The van der Waals surface area contributed by atoms with Crippen molar-refractivity contribution in [2.75, 3.05) is 13.1 Å². The number of rotatable bonds is 2. The van der Waals surface area contributed by atoms with Gasteiger partial charge in [-0.15, -0.1) is 0 Å². The predicted octanol–water partition coefficient (Wildman–Crippen LogP) is 2.19. The van der Waals surface area contributed by atoms with Gasteiger partial charge in [-0.25, -0.2) is 0 Å². The van der Waals surface area contributed by atoms with Crippen LogP contribution in [-0.2, 0) is 0 Å². The van der Waals surface area contributed by atoms with Gasteiger partial charge in [-0.1, -0.05) is 18.2 Å². The van der Waals surface area contributed by atoms with E-state index in [4.69, 9.17) is 5.73 Å². The van der Waals surface area contributed by atoms with Gasteiger partial charge >= 0.3 is 0 Å². The molecule has 2 N–H and O–H groups in total. The number of benzene rings is 1. The zero-order valence-corrected chi connectivity index (χ0v) is 11.2. The van der Waals surface area contributed by atoms with Gasteiger partial charge in [-0.3, -0.25) is 4.79 Å². The Morgan fingerprint density at radius 1 is 1.44 bits per heavy atom. The fourth-order valence-corrected chi connectivity index (χ4v) is 2.61. The Balaban J connectivity index is 2.12. The Hall–Kier alpha value is -1.35. The van der Waals surface area contributed by atoms with Gasteiger partial charge in [0.05, 0.1) is 0 Å². The first-order valence-electron chi connectivity index (χ1n) is 6.70. The molecule has 2 atom stereocenters. The van der Waals surface area contributed by atoms with Crippen molar-refractivity contribution in [3.63, 3.8) is 0 Å². The molecule has 1 aromatic carbocycles. The van der Waals surface area contributed by atoms with Crippen LogP contribution in [0.1, 0.15) is 35.7 Å². The Kier molecular flexibility index (Phi) is 4.02. The highest BCUT2D eigenvalue weighted by atomic mass is 16.2. The molecule has 1 aliphatic rings. The summed E-state index contributed by atoms with van der Waals surface area (Å²) in [6, 6.07) is 7.95. The van der Waals surface area contributed by atoms with Gasteiger partial charge in [0.1, 0.15) is 0 Å². The molecule has 0 spiro atoms. The molecule has 3 nitrogen and oxygen atoms in total. The zero-order valence-electron chi connectivity index (χ0n) is 11.2. The number of carbonyl (C=O) groups is 1. The van der Waals surface area contributed by atoms with Gasteiger partial charge in [0, 0.05) is 24.7 Å². The molecule has 0 aliphatic carbocycles. The quantitative estimate of drug-likeness (QED) is 0.869. The SMILES string of the molecule is Cc1ccccc1C(=O)N1CCC[C@@H]([C@@H](C)N)C1. The standard InChI is InChI=1S/C15H22N2O/c1-11-6-3-4-8-14(11)15(18)17-9-5-7-13(10-17)12(2)16/h3-4,6,8,12-13H,5,7,9-10,16H2,1-2H3/t12-,13-/m1/s1. The van der Waals surface area contributed by atoms with Gasteiger partial charge < -0.3 is 10.6 Å². The number of amides is 1. The van der Waals surface area contributed by atoms with E-state index in [0.29, 0.717) is 5.92 Å². The van der Waals surface area contributed by atoms with Crippen molar-refractivity contribution < 1.29 is 4.79 Å². The molecule has 1 saturated heterocycles. The van der Waals surface area contributed by atoms with E-state index < -0.39 is 0 Å². The van der Waals surface area contributed by atoms with Crippen LogP contribution in [-0.4, -0.2) is 29.9 Å². The first-order chi connectivity index (χ1) is 8.59. The summed E-state index contributed by atoms with van der Waals surface area (Å²) in [4.78, 5) is 14.4. The van der Waals surface area contributed by atoms with Crippen molar-refractivity contribution in [1.29, 1.82) is 0 Å². The lowest BCUT2D eigenvalue weighted by molar-refractivity contribution is 0.0660. The summed E-state index contributed by atoms with van der Waals surface area (Å²) in [7, 11) is 0. The summed E-state index contributed by atoms with van der Waals surface area (Å²) in [5.74, 6) is 0.588. The minimum atomic E-state index is 0.151. The molecule has 0 saturated carbocycles. The molecule has 1 heterocycles. The number of hydrogen-bond acceptors (Lipinski definition) is 2. The van der Waals surface area contributed by atoms with Crippen LogP contribution < -0.4 is 5.73 Å². The summed E-state index contributed by atoms with van der Waals surface area (Å²) in [6.07, 6.45) is 2.19. The van der Waals surface area contributed by atoms with E-state index in [1.807, 2.05) is 43.0 Å². The molecule has 1 aliphatic heterocycles. The average molecular weight is 246 g/mol. The van der Waals surface area contributed by atoms with Crippen molar-refractivity contribution in [2.24, 2.45) is 11.7 Å². The third-order valence-electron chi connectivity index (χ3n) is 3.86. The fraction of sp³-hybridized carbons (Fsp3) is 0.533. The monoisotopic (exact) mass is 246 g/mol. The van der Waals surface area contributed by atoms with Gasteiger partial charge in [0.2, 0.25) is 0 Å². The molecule has 1 amide bonds. The number of aryl methyl sites for hydroxylation is 1. The molecule has 0 radical (unpaired) electrons. The predicted molar refractivity (Wildman–Crippen MR) is 73.5 cm³/mol. The Bertz CT molecular complexity index is 428. The topological polar surface area (TPSA) is 46.3 Å². The maximum atomic E-state index is 12.5. The molecule has 18 heavy (non-hydrogen) atoms. The van der Waals surface area contributed by atoms with E-state index >= 15 is 0 Å². The number of nitrogens with two attached hydrogens (primary N) is 1. The minimum Gasteiger partial charge on any atom is -0.338 e. The number of piperidine rings is 1. The number of carbonyl (C=O) groups excluding carboxylic acids is 1. The van der Waals surface area contributed by atoms with Crippen LogP contribution in [0.15, 0.2) is 24.3 Å². The smallest absolute Gasteiger partial charge is 0.254 e. The van der Waals surface area contributed by atoms with E-state index in [2.05, 4.69) is 0 Å². The molecular weight excluding hydrogens is 224 g/mol. The summed E-state index contributed by atoms with van der Waals surface area (Å²) < 4.78 is 0. The molecule has 98 valence electrons. The molecule has 1 aromatic rings. The highest BCUT2D eigenvalue weighted by Gasteiger charge is 2.26. The first-order valence-corrected chi connectivity index (χ1v) is 6.70. The molecule has 0 aromatic heterocycles. The molecule has 3 heteroatoms. The van der Waals surface area contributed by atoms with E-state index in [-0.39, 0.29) is 11.9 Å². The van der Waals surface area contributed by atoms with Crippen molar-refractivity contribution in [2.45, 2.75) is 32.7 Å². The van der Waals surface area contributed by atoms with Crippen molar-refractivity contribution in [3.8, 4) is 0 Å². The maximum Gasteiger partial charge on any atom is 0.254 e. The average Bonchev–Trinajstić information content (AvgIpc) is 2.38. The second kappa shape index (κ2) is 5.53. The Morgan fingerprint density at radius 3 is 2.83 bits per heavy atom. The lowest BCUT2D eigenvalue weighted by Gasteiger charge is -2.35. The summed E-state index contributed by atoms with van der Waals surface area (Å²) in [6.45, 7) is 5.67. The van der Waals surface area contributed by atoms with Crippen molar-refractivity contribution in [1.82, 2.24) is 4.90 Å². The molecule has 0 unspecified atom stereocenters. The van der Waals surface area contributed by atoms with E-state index in [1.54, 1.807) is 0 Å². The van der Waals surface area contributed by atoms with Gasteiger partial charge in [-0.05, 0) is 44.2 Å². The van der Waals surface area contributed by atoms with Crippen molar-refractivity contribution >= 4 is 5.91 Å². The number of nitrogens with zero attached hydrogens (tertiary/aromatic N) is 1. The third-order valence-corrected chi connectivity index (χ3v) is 3.86. The third kappa shape index (κ3) is 2.72. The lowest BCUT2D eigenvalue weighted by Crippen LogP contribution is -2.45. The molecule has 2 rings (SSSR count). The second-order valence-corrected chi connectivity index (χ2v) is 5.33. The maximum absolute atomic E-state index is 12.5. The van der Waals surface area contributed by atoms with Crippen LogP contribution in [0.5, 0.6) is 0 Å². The minimum absolute atomic E-state index is 0.151. The van der Waals surface area contributed by atoms with E-state index in [1.165, 1.54) is 0 Å². The molecule has 0 bridgehead atoms. The van der Waals surface area contributed by atoms with Crippen LogP contribution in [0.2, 0.25) is 0 Å². The van der Waals surface area contributed by atoms with Crippen LogP contribution in [0.3, 0.4) is 0 Å². The highest BCUT2D eigenvalue weighted by molar-refractivity contribution is 5.95. The first kappa shape index (κ1) is 13.1. The highest BCUT2D eigenvalue weighted by Crippen LogP contribution is 2.21. The Labute approximate surface area is 109 Å². The summed E-state index contributed by atoms with van der Waals surface area (Å²) in [5, 5.41) is 0. The second-order valence-electron chi connectivity index (χ2n) is 5.33. The van der Waals surface area contributed by atoms with E-state index in [9.17, 15) is 4.79 Å². The zero-order chi connectivity index (χ0) is 13.1. The fourth-order valence-electron chi connectivity index (χ4n) is 2.61. The Morgan fingerprint density at radius 2 is 2.17 bits per heavy atom. The van der Waals surface area contributed by atoms with Crippen molar-refractivity contribution in [3.05, 3.63) is 35.4 Å². The molecular formula is C15H22N2O. The normalized spacial score (nSPS) is 21.7. The summed E-state index contributed by atoms with van der Waals surface area (Å²) in [5.41, 5.74) is 7.83.